The smallest absolute Gasteiger partial charge is 0.343 e. The number of esters is 2. The van der Waals surface area contributed by atoms with Crippen LogP contribution in [0.1, 0.15) is 81.9 Å². The number of aryl methyl sites for hydroxylation is 2. The summed E-state index contributed by atoms with van der Waals surface area (Å²) in [6.07, 6.45) is 11.5. The lowest BCUT2D eigenvalue weighted by atomic mass is 9.77. The van der Waals surface area contributed by atoms with Crippen LogP contribution in [0.25, 0.3) is 0 Å². The molecule has 0 saturated heterocycles. The number of fused-ring (bicyclic) bond motifs is 1. The van der Waals surface area contributed by atoms with Crippen LogP contribution in [-0.4, -0.2) is 37.6 Å². The van der Waals surface area contributed by atoms with E-state index in [4.69, 9.17) is 9.47 Å². The minimum absolute atomic E-state index is 0.447. The predicted octanol–water partition coefficient (Wildman–Crippen LogP) is 4.31. The lowest BCUT2D eigenvalue weighted by Gasteiger charge is -2.35. The van der Waals surface area contributed by atoms with E-state index in [-0.39, 0.29) is 0 Å². The monoisotopic (exact) mass is 445 g/mol. The van der Waals surface area contributed by atoms with E-state index in [1.165, 1.54) is 70.8 Å². The number of nitrogens with one attached hydrogen (secondary N) is 1. The third kappa shape index (κ3) is 6.33. The zero-order valence-electron chi connectivity index (χ0n) is 20.1. The Balaban J connectivity index is 2.21. The lowest BCUT2D eigenvalue weighted by molar-refractivity contribution is -0.169. The Bertz CT molecular complexity index is 772. The molecule has 1 atom stereocenters. The molecular weight excluding hydrogens is 406 g/mol. The molecule has 6 heteroatoms. The standard InChI is InChI=1S/C26H39NO5/c1-5-6-7-8-9-10-12-20-15-16-22-18-23(14-11-13-21(22)17-20)26(24(29)31-3,25(30)32-4)27-19(2)28/h15-17,23H,5-14,18H2,1-4H3,(H,27,28). The molecule has 1 amide bonds. The number of carbonyl (C=O) groups excluding carboxylic acids is 3. The van der Waals surface area contributed by atoms with Gasteiger partial charge in [0.2, 0.25) is 11.4 Å². The van der Waals surface area contributed by atoms with Gasteiger partial charge in [-0.1, -0.05) is 57.2 Å². The minimum atomic E-state index is -1.84. The Morgan fingerprint density at radius 2 is 1.66 bits per heavy atom. The van der Waals surface area contributed by atoms with Crippen molar-refractivity contribution in [2.45, 2.75) is 90.0 Å². The quantitative estimate of drug-likeness (QED) is 0.238. The fourth-order valence-corrected chi connectivity index (χ4v) is 4.87. The predicted molar refractivity (Wildman–Crippen MR) is 124 cm³/mol. The molecule has 1 N–H and O–H groups in total. The van der Waals surface area contributed by atoms with Gasteiger partial charge in [0, 0.05) is 12.8 Å². The zero-order chi connectivity index (χ0) is 23.6. The fourth-order valence-electron chi connectivity index (χ4n) is 4.87. The Hall–Kier alpha value is -2.37. The molecule has 178 valence electrons. The van der Waals surface area contributed by atoms with Crippen LogP contribution < -0.4 is 5.32 Å². The van der Waals surface area contributed by atoms with Crippen LogP contribution in [0.5, 0.6) is 0 Å². The van der Waals surface area contributed by atoms with Gasteiger partial charge >= 0.3 is 11.9 Å². The molecule has 0 heterocycles. The largest absolute Gasteiger partial charge is 0.467 e. The molecular formula is C26H39NO5. The first-order valence-corrected chi connectivity index (χ1v) is 11.9. The molecule has 0 radical (unpaired) electrons. The molecule has 2 rings (SSSR count). The van der Waals surface area contributed by atoms with Crippen molar-refractivity contribution in [1.82, 2.24) is 5.32 Å². The van der Waals surface area contributed by atoms with Crippen LogP contribution in [0.2, 0.25) is 0 Å². The molecule has 1 aromatic carbocycles. The van der Waals surface area contributed by atoms with E-state index < -0.39 is 29.3 Å². The van der Waals surface area contributed by atoms with Gasteiger partial charge in [-0.05, 0) is 55.2 Å². The lowest BCUT2D eigenvalue weighted by Crippen LogP contribution is -2.65. The number of amides is 1. The van der Waals surface area contributed by atoms with Gasteiger partial charge in [-0.3, -0.25) is 4.79 Å². The Kier molecular flexibility index (Phi) is 10.2. The maximum absolute atomic E-state index is 12.8. The Morgan fingerprint density at radius 1 is 1.00 bits per heavy atom. The Morgan fingerprint density at radius 3 is 2.28 bits per heavy atom. The van der Waals surface area contributed by atoms with Crippen LogP contribution in [0.4, 0.5) is 0 Å². The van der Waals surface area contributed by atoms with Gasteiger partial charge in [0.1, 0.15) is 0 Å². The van der Waals surface area contributed by atoms with Gasteiger partial charge in [0.25, 0.3) is 0 Å². The molecule has 0 spiro atoms. The number of ether oxygens (including phenoxy) is 2. The number of rotatable bonds is 11. The summed E-state index contributed by atoms with van der Waals surface area (Å²) in [6.45, 7) is 3.52. The molecule has 0 saturated carbocycles. The number of benzene rings is 1. The van der Waals surface area contributed by atoms with Crippen molar-refractivity contribution >= 4 is 17.8 Å². The second kappa shape index (κ2) is 12.6. The van der Waals surface area contributed by atoms with Crippen molar-refractivity contribution in [3.05, 3.63) is 34.9 Å². The number of hydrogen-bond acceptors (Lipinski definition) is 5. The van der Waals surface area contributed by atoms with E-state index in [0.717, 1.165) is 24.8 Å². The summed E-state index contributed by atoms with van der Waals surface area (Å²) in [5.74, 6) is -2.49. The van der Waals surface area contributed by atoms with E-state index in [0.29, 0.717) is 12.8 Å². The Labute approximate surface area is 192 Å². The highest BCUT2D eigenvalue weighted by Crippen LogP contribution is 2.34. The summed E-state index contributed by atoms with van der Waals surface area (Å²) in [6, 6.07) is 6.55. The summed E-state index contributed by atoms with van der Waals surface area (Å²) >= 11 is 0. The number of unbranched alkanes of at least 4 members (excludes halogenated alkanes) is 5. The number of carbonyl (C=O) groups is 3. The maximum atomic E-state index is 12.8. The first-order chi connectivity index (χ1) is 15.4. The van der Waals surface area contributed by atoms with Gasteiger partial charge in [0.05, 0.1) is 14.2 Å². The van der Waals surface area contributed by atoms with Gasteiger partial charge in [-0.15, -0.1) is 0 Å². The molecule has 32 heavy (non-hydrogen) atoms. The highest BCUT2D eigenvalue weighted by atomic mass is 16.5. The fraction of sp³-hybridized carbons (Fsp3) is 0.654. The molecule has 1 aromatic rings. The van der Waals surface area contributed by atoms with E-state index in [9.17, 15) is 14.4 Å². The molecule has 0 aromatic heterocycles. The first-order valence-electron chi connectivity index (χ1n) is 11.9. The van der Waals surface area contributed by atoms with Gasteiger partial charge in [-0.2, -0.15) is 0 Å². The van der Waals surface area contributed by atoms with E-state index in [2.05, 4.69) is 30.4 Å². The van der Waals surface area contributed by atoms with Crippen molar-refractivity contribution in [1.29, 1.82) is 0 Å². The van der Waals surface area contributed by atoms with Gasteiger partial charge in [-0.25, -0.2) is 9.59 Å². The van der Waals surface area contributed by atoms with Crippen LogP contribution in [0, 0.1) is 5.92 Å². The van der Waals surface area contributed by atoms with Crippen molar-refractivity contribution in [3.8, 4) is 0 Å². The highest BCUT2D eigenvalue weighted by Gasteiger charge is 2.55. The van der Waals surface area contributed by atoms with Crippen molar-refractivity contribution < 1.29 is 23.9 Å². The van der Waals surface area contributed by atoms with Crippen LogP contribution in [0.15, 0.2) is 18.2 Å². The molecule has 0 fully saturated rings. The van der Waals surface area contributed by atoms with Gasteiger partial charge < -0.3 is 14.8 Å². The summed E-state index contributed by atoms with van der Waals surface area (Å²) in [7, 11) is 2.45. The molecule has 1 aliphatic carbocycles. The first kappa shape index (κ1) is 25.9. The van der Waals surface area contributed by atoms with E-state index in [1.54, 1.807) is 0 Å². The van der Waals surface area contributed by atoms with Gasteiger partial charge in [0.15, 0.2) is 0 Å². The highest BCUT2D eigenvalue weighted by molar-refractivity contribution is 6.08. The maximum Gasteiger partial charge on any atom is 0.343 e. The summed E-state index contributed by atoms with van der Waals surface area (Å²) in [5, 5.41) is 2.60. The number of hydrogen-bond donors (Lipinski definition) is 1. The van der Waals surface area contributed by atoms with Crippen molar-refractivity contribution in [3.63, 3.8) is 0 Å². The van der Waals surface area contributed by atoms with Crippen LogP contribution in [0.3, 0.4) is 0 Å². The van der Waals surface area contributed by atoms with Crippen molar-refractivity contribution in [2.24, 2.45) is 5.92 Å². The second-order valence-corrected chi connectivity index (χ2v) is 8.89. The zero-order valence-corrected chi connectivity index (χ0v) is 20.1. The van der Waals surface area contributed by atoms with E-state index in [1.807, 2.05) is 0 Å². The average Bonchev–Trinajstić information content (AvgIpc) is 3.00. The second-order valence-electron chi connectivity index (χ2n) is 8.89. The SMILES string of the molecule is CCCCCCCCc1ccc2c(c1)CCCC(C(NC(C)=O)(C(=O)OC)C(=O)OC)C2. The molecule has 6 nitrogen and oxygen atoms in total. The van der Waals surface area contributed by atoms with Crippen molar-refractivity contribution in [2.75, 3.05) is 14.2 Å². The molecule has 1 unspecified atom stereocenters. The van der Waals surface area contributed by atoms with Crippen LogP contribution in [-0.2, 0) is 43.1 Å². The van der Waals surface area contributed by atoms with Crippen LogP contribution >= 0.6 is 0 Å². The topological polar surface area (TPSA) is 81.7 Å². The molecule has 1 aliphatic rings. The summed E-state index contributed by atoms with van der Waals surface area (Å²) < 4.78 is 9.93. The average molecular weight is 446 g/mol. The third-order valence-electron chi connectivity index (χ3n) is 6.56. The molecule has 0 aliphatic heterocycles. The number of methoxy groups -OCH3 is 2. The summed E-state index contributed by atoms with van der Waals surface area (Å²) in [4.78, 5) is 37.6. The van der Waals surface area contributed by atoms with E-state index >= 15 is 0 Å². The third-order valence-corrected chi connectivity index (χ3v) is 6.56. The minimum Gasteiger partial charge on any atom is -0.467 e. The summed E-state index contributed by atoms with van der Waals surface area (Å²) in [5.41, 5.74) is 1.88. The molecule has 0 bridgehead atoms. The normalized spacial score (nSPS) is 15.9.